The topological polar surface area (TPSA) is 62.9 Å². The number of methoxy groups -OCH3 is 1. The van der Waals surface area contributed by atoms with Gasteiger partial charge >= 0.3 is 0 Å². The third kappa shape index (κ3) is 2.82. The molecule has 1 saturated heterocycles. The number of hydrogen-bond acceptors (Lipinski definition) is 4. The molecule has 2 aromatic rings. The van der Waals surface area contributed by atoms with Crippen LogP contribution in [0.2, 0.25) is 0 Å². The molecule has 1 aliphatic heterocycles. The molecule has 2 fully saturated rings. The lowest BCUT2D eigenvalue weighted by molar-refractivity contribution is -0.00380. The van der Waals surface area contributed by atoms with Crippen molar-refractivity contribution in [3.05, 3.63) is 42.2 Å². The molecule has 1 aromatic carbocycles. The number of β-amino-alcohol motifs (C(OH)–C–C–N with tert-alkyl or cyclic N) is 1. The predicted molar refractivity (Wildman–Crippen MR) is 93.4 cm³/mol. The molecule has 132 valence electrons. The number of nitrogens with zero attached hydrogens (tertiary/aromatic N) is 1. The van der Waals surface area contributed by atoms with Gasteiger partial charge in [0.15, 0.2) is 5.76 Å². The number of furan rings is 1. The summed E-state index contributed by atoms with van der Waals surface area (Å²) in [5, 5.41) is 10.9. The summed E-state index contributed by atoms with van der Waals surface area (Å²) in [7, 11) is 1.62. The summed E-state index contributed by atoms with van der Waals surface area (Å²) in [6.07, 6.45) is 2.12. The number of likely N-dealkylation sites (tertiary alicyclic amines) is 1. The summed E-state index contributed by atoms with van der Waals surface area (Å²) in [6.45, 7) is 2.99. The van der Waals surface area contributed by atoms with Crippen LogP contribution in [-0.2, 0) is 0 Å². The van der Waals surface area contributed by atoms with Crippen LogP contribution in [0, 0.1) is 11.8 Å². The van der Waals surface area contributed by atoms with Crippen molar-refractivity contribution < 1.29 is 19.1 Å². The lowest BCUT2D eigenvalue weighted by Crippen LogP contribution is -2.40. The first-order valence-corrected chi connectivity index (χ1v) is 8.77. The minimum Gasteiger partial charge on any atom is -0.497 e. The number of aliphatic hydroxyl groups is 1. The molecule has 5 nitrogen and oxygen atoms in total. The van der Waals surface area contributed by atoms with E-state index in [1.165, 1.54) is 0 Å². The molecule has 1 N–H and O–H groups in total. The summed E-state index contributed by atoms with van der Waals surface area (Å²) < 4.78 is 11.0. The first-order chi connectivity index (χ1) is 12.0. The van der Waals surface area contributed by atoms with E-state index in [1.807, 2.05) is 31.2 Å². The van der Waals surface area contributed by atoms with E-state index >= 15 is 0 Å². The van der Waals surface area contributed by atoms with Crippen LogP contribution in [0.4, 0.5) is 0 Å². The van der Waals surface area contributed by atoms with Gasteiger partial charge in [-0.15, -0.1) is 0 Å². The van der Waals surface area contributed by atoms with Gasteiger partial charge in [-0.2, -0.15) is 0 Å². The first kappa shape index (κ1) is 16.2. The highest BCUT2D eigenvalue weighted by molar-refractivity contribution is 5.92. The van der Waals surface area contributed by atoms with Gasteiger partial charge in [-0.05, 0) is 43.0 Å². The van der Waals surface area contributed by atoms with E-state index in [-0.39, 0.29) is 11.8 Å². The average molecular weight is 341 g/mol. The molecule has 2 aliphatic rings. The Morgan fingerprint density at radius 3 is 2.84 bits per heavy atom. The van der Waals surface area contributed by atoms with Gasteiger partial charge in [0.2, 0.25) is 0 Å². The summed E-state index contributed by atoms with van der Waals surface area (Å²) in [4.78, 5) is 14.5. The first-order valence-electron chi connectivity index (χ1n) is 8.77. The molecule has 1 saturated carbocycles. The Bertz CT molecular complexity index is 794. The Labute approximate surface area is 147 Å². The van der Waals surface area contributed by atoms with Crippen LogP contribution >= 0.6 is 0 Å². The van der Waals surface area contributed by atoms with E-state index in [2.05, 4.69) is 0 Å². The summed E-state index contributed by atoms with van der Waals surface area (Å²) in [5.41, 5.74) is 0.125. The number of amides is 1. The molecule has 2 unspecified atom stereocenters. The maximum atomic E-state index is 12.8. The maximum absolute atomic E-state index is 12.8. The quantitative estimate of drug-likeness (QED) is 0.928. The standard InChI is InChI=1S/C20H23NO4/c1-13-11-21(12-20(13,23)15-6-7-15)19(22)18-9-8-17(25-18)14-4-3-5-16(10-14)24-2/h3-5,8-10,13,15,23H,6-7,11-12H2,1-2H3. The maximum Gasteiger partial charge on any atom is 0.289 e. The third-order valence-electron chi connectivity index (χ3n) is 5.53. The molecule has 1 aromatic heterocycles. The lowest BCUT2D eigenvalue weighted by Gasteiger charge is -2.26. The van der Waals surface area contributed by atoms with Gasteiger partial charge in [0.1, 0.15) is 11.5 Å². The number of hydrogen-bond donors (Lipinski definition) is 1. The third-order valence-corrected chi connectivity index (χ3v) is 5.53. The van der Waals surface area contributed by atoms with E-state index in [0.29, 0.717) is 30.5 Å². The van der Waals surface area contributed by atoms with Crippen molar-refractivity contribution >= 4 is 5.91 Å². The van der Waals surface area contributed by atoms with Crippen molar-refractivity contribution in [1.82, 2.24) is 4.90 Å². The number of carbonyl (C=O) groups excluding carboxylic acids is 1. The van der Waals surface area contributed by atoms with Crippen molar-refractivity contribution in [3.63, 3.8) is 0 Å². The van der Waals surface area contributed by atoms with E-state index < -0.39 is 5.60 Å². The van der Waals surface area contributed by atoms with Crippen LogP contribution in [0.25, 0.3) is 11.3 Å². The zero-order valence-corrected chi connectivity index (χ0v) is 14.6. The van der Waals surface area contributed by atoms with E-state index in [4.69, 9.17) is 9.15 Å². The largest absolute Gasteiger partial charge is 0.497 e. The molecular weight excluding hydrogens is 318 g/mol. The van der Waals surface area contributed by atoms with Gasteiger partial charge in [-0.25, -0.2) is 0 Å². The van der Waals surface area contributed by atoms with E-state index in [9.17, 15) is 9.90 Å². The second kappa shape index (κ2) is 5.92. The zero-order chi connectivity index (χ0) is 17.6. The van der Waals surface area contributed by atoms with Gasteiger partial charge in [-0.3, -0.25) is 4.79 Å². The molecule has 5 heteroatoms. The van der Waals surface area contributed by atoms with Crippen LogP contribution in [0.1, 0.15) is 30.3 Å². The van der Waals surface area contributed by atoms with Gasteiger partial charge in [0.25, 0.3) is 5.91 Å². The second-order valence-electron chi connectivity index (χ2n) is 7.25. The highest BCUT2D eigenvalue weighted by Crippen LogP contribution is 2.47. The summed E-state index contributed by atoms with van der Waals surface area (Å²) >= 11 is 0. The summed E-state index contributed by atoms with van der Waals surface area (Å²) in [6, 6.07) is 11.0. The molecule has 0 spiro atoms. The number of benzene rings is 1. The van der Waals surface area contributed by atoms with Crippen LogP contribution in [0.3, 0.4) is 0 Å². The van der Waals surface area contributed by atoms with Gasteiger partial charge in [0, 0.05) is 18.0 Å². The second-order valence-corrected chi connectivity index (χ2v) is 7.25. The van der Waals surface area contributed by atoms with Crippen LogP contribution in [0.5, 0.6) is 5.75 Å². The Hall–Kier alpha value is -2.27. The van der Waals surface area contributed by atoms with Gasteiger partial charge in [0.05, 0.1) is 19.3 Å². The van der Waals surface area contributed by atoms with Crippen molar-refractivity contribution in [2.24, 2.45) is 11.8 Å². The molecule has 0 radical (unpaired) electrons. The molecule has 2 heterocycles. The molecular formula is C20H23NO4. The smallest absolute Gasteiger partial charge is 0.289 e. The monoisotopic (exact) mass is 341 g/mol. The predicted octanol–water partition coefficient (Wildman–Crippen LogP) is 3.19. The highest BCUT2D eigenvalue weighted by Gasteiger charge is 2.53. The minimum atomic E-state index is -0.738. The molecule has 25 heavy (non-hydrogen) atoms. The molecule has 1 amide bonds. The number of carbonyl (C=O) groups is 1. The summed E-state index contributed by atoms with van der Waals surface area (Å²) in [5.74, 6) is 1.96. The van der Waals surface area contributed by atoms with E-state index in [1.54, 1.807) is 24.1 Å². The zero-order valence-electron chi connectivity index (χ0n) is 14.6. The van der Waals surface area contributed by atoms with Crippen molar-refractivity contribution in [3.8, 4) is 17.1 Å². The van der Waals surface area contributed by atoms with Crippen molar-refractivity contribution in [2.75, 3.05) is 20.2 Å². The fraction of sp³-hybridized carbons (Fsp3) is 0.450. The van der Waals surface area contributed by atoms with Crippen molar-refractivity contribution in [2.45, 2.75) is 25.4 Å². The molecule has 4 rings (SSSR count). The number of ether oxygens (including phenoxy) is 1. The number of rotatable bonds is 4. The van der Waals surface area contributed by atoms with Gasteiger partial charge < -0.3 is 19.2 Å². The molecule has 0 bridgehead atoms. The van der Waals surface area contributed by atoms with Crippen LogP contribution in [-0.4, -0.2) is 41.7 Å². The van der Waals surface area contributed by atoms with Gasteiger partial charge in [-0.1, -0.05) is 19.1 Å². The van der Waals surface area contributed by atoms with Crippen LogP contribution in [0.15, 0.2) is 40.8 Å². The molecule has 1 aliphatic carbocycles. The fourth-order valence-electron chi connectivity index (χ4n) is 3.82. The van der Waals surface area contributed by atoms with Crippen LogP contribution < -0.4 is 4.74 Å². The Morgan fingerprint density at radius 2 is 2.12 bits per heavy atom. The highest BCUT2D eigenvalue weighted by atomic mass is 16.5. The van der Waals surface area contributed by atoms with E-state index in [0.717, 1.165) is 24.2 Å². The Balaban J connectivity index is 1.53. The Morgan fingerprint density at radius 1 is 1.32 bits per heavy atom. The average Bonchev–Trinajstić information content (AvgIpc) is 3.29. The molecule has 2 atom stereocenters. The minimum absolute atomic E-state index is 0.0942. The van der Waals surface area contributed by atoms with Crippen molar-refractivity contribution in [1.29, 1.82) is 0 Å². The normalized spacial score (nSPS) is 26.0. The lowest BCUT2D eigenvalue weighted by atomic mass is 9.88. The Kier molecular flexibility index (Phi) is 3.84. The SMILES string of the molecule is COc1cccc(-c2ccc(C(=O)N3CC(C)C(O)(C4CC4)C3)o2)c1. The fourth-order valence-corrected chi connectivity index (χ4v) is 3.82.